The van der Waals surface area contributed by atoms with Crippen molar-refractivity contribution < 1.29 is 18.7 Å². The van der Waals surface area contributed by atoms with Crippen LogP contribution in [0.3, 0.4) is 0 Å². The second-order valence-corrected chi connectivity index (χ2v) is 4.00. The smallest absolute Gasteiger partial charge is 0.319 e. The molecular formula is C12H12F2N4O2. The van der Waals surface area contributed by atoms with Crippen LogP contribution < -0.4 is 10.6 Å². The number of benzene rings is 1. The van der Waals surface area contributed by atoms with Gasteiger partial charge in [0.2, 0.25) is 0 Å². The first-order chi connectivity index (χ1) is 9.56. The third-order valence-corrected chi connectivity index (χ3v) is 2.53. The molecule has 0 unspecified atom stereocenters. The Kier molecular flexibility index (Phi) is 4.26. The molecule has 106 valence electrons. The number of rotatable bonds is 4. The predicted molar refractivity (Wildman–Crippen MR) is 66.9 cm³/mol. The molecule has 2 rings (SSSR count). The highest BCUT2D eigenvalue weighted by atomic mass is 19.1. The van der Waals surface area contributed by atoms with Crippen molar-refractivity contribution in [2.75, 3.05) is 11.9 Å². The largest absolute Gasteiger partial charge is 0.386 e. The van der Waals surface area contributed by atoms with Gasteiger partial charge in [0.15, 0.2) is 0 Å². The second kappa shape index (κ2) is 6.11. The Labute approximate surface area is 112 Å². The van der Waals surface area contributed by atoms with Gasteiger partial charge in [0.05, 0.1) is 18.0 Å². The molecule has 4 N–H and O–H groups in total. The van der Waals surface area contributed by atoms with E-state index in [-0.39, 0.29) is 12.1 Å². The molecule has 1 atom stereocenters. The number of aliphatic hydroxyl groups excluding tert-OH is 1. The molecule has 0 aliphatic rings. The lowest BCUT2D eigenvalue weighted by molar-refractivity contribution is 0.170. The summed E-state index contributed by atoms with van der Waals surface area (Å²) in [4.78, 5) is 11.5. The number of urea groups is 1. The SMILES string of the molecule is O=C(NC[C@@H](O)c1ccc(F)cc1F)Nc1cn[nH]c1. The van der Waals surface area contributed by atoms with E-state index in [2.05, 4.69) is 20.8 Å². The van der Waals surface area contributed by atoms with Crippen molar-refractivity contribution in [2.24, 2.45) is 0 Å². The van der Waals surface area contributed by atoms with Gasteiger partial charge in [0, 0.05) is 24.4 Å². The summed E-state index contributed by atoms with van der Waals surface area (Å²) in [7, 11) is 0. The first kappa shape index (κ1) is 13.9. The molecule has 0 radical (unpaired) electrons. The van der Waals surface area contributed by atoms with Gasteiger partial charge >= 0.3 is 6.03 Å². The van der Waals surface area contributed by atoms with E-state index in [1.54, 1.807) is 0 Å². The summed E-state index contributed by atoms with van der Waals surface area (Å²) in [6.45, 7) is -0.216. The van der Waals surface area contributed by atoms with Crippen LogP contribution in [0.15, 0.2) is 30.6 Å². The summed E-state index contributed by atoms with van der Waals surface area (Å²) in [5.41, 5.74) is 0.361. The van der Waals surface area contributed by atoms with E-state index in [1.165, 1.54) is 12.4 Å². The quantitative estimate of drug-likeness (QED) is 0.685. The van der Waals surface area contributed by atoms with Crippen molar-refractivity contribution in [3.8, 4) is 0 Å². The van der Waals surface area contributed by atoms with Crippen LogP contribution in [0.5, 0.6) is 0 Å². The van der Waals surface area contributed by atoms with Crippen LogP contribution in [-0.2, 0) is 0 Å². The second-order valence-electron chi connectivity index (χ2n) is 4.00. The average Bonchev–Trinajstić information content (AvgIpc) is 2.89. The Balaban J connectivity index is 1.88. The molecule has 0 spiro atoms. The molecule has 1 aromatic heterocycles. The van der Waals surface area contributed by atoms with Gasteiger partial charge in [-0.3, -0.25) is 5.10 Å². The highest BCUT2D eigenvalue weighted by molar-refractivity contribution is 5.88. The molecule has 0 aliphatic carbocycles. The van der Waals surface area contributed by atoms with E-state index in [0.29, 0.717) is 11.8 Å². The average molecular weight is 282 g/mol. The lowest BCUT2D eigenvalue weighted by Crippen LogP contribution is -2.32. The minimum atomic E-state index is -1.27. The number of hydrogen-bond donors (Lipinski definition) is 4. The van der Waals surface area contributed by atoms with Crippen molar-refractivity contribution >= 4 is 11.7 Å². The van der Waals surface area contributed by atoms with Crippen molar-refractivity contribution in [3.05, 3.63) is 47.8 Å². The van der Waals surface area contributed by atoms with Crippen LogP contribution in [0, 0.1) is 11.6 Å². The summed E-state index contributed by atoms with van der Waals surface area (Å²) in [5, 5.41) is 20.7. The Morgan fingerprint density at radius 2 is 2.25 bits per heavy atom. The highest BCUT2D eigenvalue weighted by Crippen LogP contribution is 2.17. The van der Waals surface area contributed by atoms with Crippen LogP contribution in [0.4, 0.5) is 19.3 Å². The molecule has 1 aromatic carbocycles. The number of nitrogens with one attached hydrogen (secondary N) is 3. The minimum absolute atomic E-state index is 0.0880. The van der Waals surface area contributed by atoms with Crippen molar-refractivity contribution in [1.29, 1.82) is 0 Å². The highest BCUT2D eigenvalue weighted by Gasteiger charge is 2.14. The van der Waals surface area contributed by atoms with Crippen LogP contribution in [0.25, 0.3) is 0 Å². The zero-order chi connectivity index (χ0) is 14.5. The van der Waals surface area contributed by atoms with Gasteiger partial charge in [-0.15, -0.1) is 0 Å². The fourth-order valence-electron chi connectivity index (χ4n) is 1.57. The standard InChI is InChI=1S/C12H12F2N4O2/c13-7-1-2-9(10(14)3-7)11(19)6-15-12(20)18-8-4-16-17-5-8/h1-5,11,19H,6H2,(H,16,17)(H2,15,18,20)/t11-/m1/s1. The van der Waals surface area contributed by atoms with Gasteiger partial charge in [-0.1, -0.05) is 6.07 Å². The molecular weight excluding hydrogens is 270 g/mol. The molecule has 0 saturated heterocycles. The number of carbonyl (C=O) groups is 1. The van der Waals surface area contributed by atoms with E-state index in [1.807, 2.05) is 0 Å². The fourth-order valence-corrected chi connectivity index (χ4v) is 1.57. The molecule has 20 heavy (non-hydrogen) atoms. The molecule has 0 bridgehead atoms. The predicted octanol–water partition coefficient (Wildman–Crippen LogP) is 1.54. The van der Waals surface area contributed by atoms with Crippen molar-refractivity contribution in [1.82, 2.24) is 15.5 Å². The number of carbonyl (C=O) groups excluding carboxylic acids is 1. The molecule has 8 heteroatoms. The van der Waals surface area contributed by atoms with Gasteiger partial charge in [0.1, 0.15) is 11.6 Å². The number of aromatic amines is 1. The maximum absolute atomic E-state index is 13.4. The Bertz CT molecular complexity index is 589. The van der Waals surface area contributed by atoms with Crippen LogP contribution in [0.1, 0.15) is 11.7 Å². The lowest BCUT2D eigenvalue weighted by Gasteiger charge is -2.13. The van der Waals surface area contributed by atoms with Gasteiger partial charge in [-0.2, -0.15) is 5.10 Å². The topological polar surface area (TPSA) is 90.0 Å². The molecule has 0 fully saturated rings. The Hall–Kier alpha value is -2.48. The number of hydrogen-bond acceptors (Lipinski definition) is 3. The summed E-state index contributed by atoms with van der Waals surface area (Å²) in [5.74, 6) is -1.60. The number of halogens is 2. The lowest BCUT2D eigenvalue weighted by atomic mass is 10.1. The van der Waals surface area contributed by atoms with Gasteiger partial charge in [-0.25, -0.2) is 13.6 Å². The molecule has 0 saturated carbocycles. The fraction of sp³-hybridized carbons (Fsp3) is 0.167. The Morgan fingerprint density at radius 1 is 1.45 bits per heavy atom. The number of H-pyrrole nitrogens is 1. The summed E-state index contributed by atoms with van der Waals surface area (Å²) in [6.07, 6.45) is 1.59. The first-order valence-corrected chi connectivity index (χ1v) is 5.73. The summed E-state index contributed by atoms with van der Waals surface area (Å²) < 4.78 is 26.1. The molecule has 0 aliphatic heterocycles. The van der Waals surface area contributed by atoms with E-state index >= 15 is 0 Å². The van der Waals surface area contributed by atoms with Gasteiger partial charge in [0.25, 0.3) is 0 Å². The van der Waals surface area contributed by atoms with Gasteiger partial charge in [-0.05, 0) is 6.07 Å². The van der Waals surface area contributed by atoms with Crippen molar-refractivity contribution in [2.45, 2.75) is 6.10 Å². The maximum atomic E-state index is 13.4. The number of aromatic nitrogens is 2. The number of aliphatic hydroxyl groups is 1. The Morgan fingerprint density at radius 3 is 2.90 bits per heavy atom. The van der Waals surface area contributed by atoms with Crippen LogP contribution >= 0.6 is 0 Å². The molecule has 2 aromatic rings. The monoisotopic (exact) mass is 282 g/mol. The zero-order valence-electron chi connectivity index (χ0n) is 10.2. The molecule has 1 heterocycles. The molecule has 6 nitrogen and oxygen atoms in total. The number of amides is 2. The third kappa shape index (κ3) is 3.51. The first-order valence-electron chi connectivity index (χ1n) is 5.73. The summed E-state index contributed by atoms with van der Waals surface area (Å²) in [6, 6.07) is 2.26. The van der Waals surface area contributed by atoms with Gasteiger partial charge < -0.3 is 15.7 Å². The van der Waals surface area contributed by atoms with E-state index < -0.39 is 23.8 Å². The zero-order valence-corrected chi connectivity index (χ0v) is 10.2. The van der Waals surface area contributed by atoms with E-state index in [0.717, 1.165) is 12.1 Å². The maximum Gasteiger partial charge on any atom is 0.319 e. The third-order valence-electron chi connectivity index (χ3n) is 2.53. The molecule has 2 amide bonds. The van der Waals surface area contributed by atoms with E-state index in [9.17, 15) is 18.7 Å². The van der Waals surface area contributed by atoms with Crippen LogP contribution in [0.2, 0.25) is 0 Å². The summed E-state index contributed by atoms with van der Waals surface area (Å²) >= 11 is 0. The number of anilines is 1. The van der Waals surface area contributed by atoms with E-state index in [4.69, 9.17) is 0 Å². The van der Waals surface area contributed by atoms with Crippen molar-refractivity contribution in [3.63, 3.8) is 0 Å². The number of nitrogens with zero attached hydrogens (tertiary/aromatic N) is 1. The van der Waals surface area contributed by atoms with Crippen LogP contribution in [-0.4, -0.2) is 27.9 Å². The minimum Gasteiger partial charge on any atom is -0.386 e. The normalized spacial score (nSPS) is 11.9.